The normalized spacial score (nSPS) is 26.2. The molecule has 0 spiro atoms. The summed E-state index contributed by atoms with van der Waals surface area (Å²) in [7, 11) is 1.46. The third-order valence-electron chi connectivity index (χ3n) is 7.08. The Morgan fingerprint density at radius 1 is 1.28 bits per heavy atom. The lowest BCUT2D eigenvalue weighted by atomic mass is 9.60. The largest absolute Gasteiger partial charge is 0.469 e. The second-order valence-corrected chi connectivity index (χ2v) is 9.84. The Labute approximate surface area is 173 Å². The first-order valence-corrected chi connectivity index (χ1v) is 11.0. The fourth-order valence-electron chi connectivity index (χ4n) is 5.30. The van der Waals surface area contributed by atoms with E-state index in [1.165, 1.54) is 20.0 Å². The van der Waals surface area contributed by atoms with Crippen LogP contribution >= 0.6 is 0 Å². The third kappa shape index (κ3) is 3.71. The van der Waals surface area contributed by atoms with Crippen LogP contribution in [0.15, 0.2) is 6.07 Å². The highest BCUT2D eigenvalue weighted by Crippen LogP contribution is 2.49. The summed E-state index contributed by atoms with van der Waals surface area (Å²) < 4.78 is 20.1. The number of methoxy groups -OCH3 is 1. The van der Waals surface area contributed by atoms with Crippen LogP contribution in [0.3, 0.4) is 0 Å². The van der Waals surface area contributed by atoms with E-state index in [-0.39, 0.29) is 11.9 Å². The van der Waals surface area contributed by atoms with Crippen LogP contribution in [0, 0.1) is 17.8 Å². The van der Waals surface area contributed by atoms with Gasteiger partial charge < -0.3 is 14.5 Å². The minimum Gasteiger partial charge on any atom is -0.469 e. The van der Waals surface area contributed by atoms with Gasteiger partial charge in [0.15, 0.2) is 0 Å². The van der Waals surface area contributed by atoms with Gasteiger partial charge in [0.1, 0.15) is 17.3 Å². The molecular weight excluding hydrogens is 369 g/mol. The second kappa shape index (κ2) is 7.44. The van der Waals surface area contributed by atoms with E-state index in [1.54, 1.807) is 13.8 Å². The van der Waals surface area contributed by atoms with Gasteiger partial charge in [-0.3, -0.25) is 4.79 Å². The number of alkyl halides is 1. The summed E-state index contributed by atoms with van der Waals surface area (Å²) in [5.41, 5.74) is 0.402. The van der Waals surface area contributed by atoms with Gasteiger partial charge in [0, 0.05) is 38.2 Å². The van der Waals surface area contributed by atoms with Crippen LogP contribution in [-0.4, -0.2) is 44.2 Å². The molecule has 3 aliphatic heterocycles. The van der Waals surface area contributed by atoms with E-state index in [0.717, 1.165) is 48.9 Å². The van der Waals surface area contributed by atoms with E-state index in [9.17, 15) is 4.79 Å². The summed E-state index contributed by atoms with van der Waals surface area (Å²) in [5.74, 6) is 3.37. The van der Waals surface area contributed by atoms with Crippen molar-refractivity contribution in [2.75, 3.05) is 43.1 Å². The van der Waals surface area contributed by atoms with Crippen molar-refractivity contribution < 1.29 is 13.9 Å². The number of esters is 1. The van der Waals surface area contributed by atoms with Crippen molar-refractivity contribution in [3.63, 3.8) is 0 Å². The Morgan fingerprint density at radius 3 is 2.41 bits per heavy atom. The minimum absolute atomic E-state index is 0.112. The molecule has 5 rings (SSSR count). The number of ether oxygens (including phenoxy) is 1. The number of pyridine rings is 1. The monoisotopic (exact) mass is 403 g/mol. The Morgan fingerprint density at radius 2 is 1.93 bits per heavy atom. The number of aromatic nitrogens is 1. The van der Waals surface area contributed by atoms with Crippen molar-refractivity contribution in [2.24, 2.45) is 17.8 Å². The first-order valence-electron chi connectivity index (χ1n) is 11.0. The zero-order chi connectivity index (χ0) is 20.9. The van der Waals surface area contributed by atoms with Gasteiger partial charge in [0.2, 0.25) is 0 Å². The third-order valence-corrected chi connectivity index (χ3v) is 7.08. The number of hydrogen-bond acceptors (Lipinski definition) is 5. The Kier molecular flexibility index (Phi) is 5.24. The number of anilines is 2. The van der Waals surface area contributed by atoms with Gasteiger partial charge >= 0.3 is 5.97 Å². The fraction of sp³-hybridized carbons (Fsp3) is 0.739. The maximum atomic E-state index is 15.3. The molecule has 4 aliphatic rings. The molecule has 1 saturated carbocycles. The summed E-state index contributed by atoms with van der Waals surface area (Å²) in [6, 6.07) is 1.98. The van der Waals surface area contributed by atoms with Gasteiger partial charge in [-0.15, -0.1) is 0 Å². The van der Waals surface area contributed by atoms with Crippen LogP contribution in [0.4, 0.5) is 16.0 Å². The van der Waals surface area contributed by atoms with Crippen molar-refractivity contribution >= 4 is 17.6 Å². The smallest absolute Gasteiger partial charge is 0.305 e. The van der Waals surface area contributed by atoms with E-state index in [0.29, 0.717) is 24.2 Å². The number of halogens is 1. The first kappa shape index (κ1) is 20.4. The molecule has 1 aromatic heterocycles. The van der Waals surface area contributed by atoms with E-state index in [1.807, 2.05) is 6.07 Å². The molecule has 0 aromatic carbocycles. The molecule has 1 aliphatic carbocycles. The van der Waals surface area contributed by atoms with Crippen LogP contribution in [0.1, 0.15) is 64.0 Å². The zero-order valence-electron chi connectivity index (χ0n) is 18.4. The molecule has 4 fully saturated rings. The molecule has 4 heterocycles. The van der Waals surface area contributed by atoms with E-state index < -0.39 is 5.67 Å². The van der Waals surface area contributed by atoms with Crippen LogP contribution in [-0.2, 0) is 15.2 Å². The molecule has 5 nitrogen and oxygen atoms in total. The maximum absolute atomic E-state index is 15.3. The molecule has 2 bridgehead atoms. The predicted octanol–water partition coefficient (Wildman–Crippen LogP) is 4.26. The molecule has 2 atom stereocenters. The van der Waals surface area contributed by atoms with Gasteiger partial charge in [-0.05, 0) is 62.0 Å². The highest BCUT2D eigenvalue weighted by atomic mass is 19.1. The summed E-state index contributed by atoms with van der Waals surface area (Å²) >= 11 is 0. The van der Waals surface area contributed by atoms with Crippen molar-refractivity contribution in [3.8, 4) is 0 Å². The zero-order valence-corrected chi connectivity index (χ0v) is 18.4. The van der Waals surface area contributed by atoms with Crippen molar-refractivity contribution in [3.05, 3.63) is 17.2 Å². The number of fused-ring (bicyclic) bond motifs is 2. The Balaban J connectivity index is 1.64. The molecule has 0 amide bonds. The number of carbonyl (C=O) groups excluding carboxylic acids is 1. The van der Waals surface area contributed by atoms with Gasteiger partial charge in [-0.25, -0.2) is 9.37 Å². The summed E-state index contributed by atoms with van der Waals surface area (Å²) in [6.07, 6.45) is 2.85. The highest BCUT2D eigenvalue weighted by molar-refractivity contribution is 5.70. The molecule has 160 valence electrons. The van der Waals surface area contributed by atoms with Crippen LogP contribution < -0.4 is 9.80 Å². The number of carbonyl (C=O) groups is 1. The lowest BCUT2D eigenvalue weighted by Crippen LogP contribution is -2.56. The predicted molar refractivity (Wildman–Crippen MR) is 113 cm³/mol. The Bertz CT molecular complexity index is 773. The molecule has 3 saturated heterocycles. The quantitative estimate of drug-likeness (QED) is 0.665. The standard InChI is InChI=1S/C23H34FN3O2/c1-14(2)21-18(23(3,4)24)11-19(25-22(21)26-7-6-8-26)27-12-15-9-16(13-27)17(15)10-20(28)29-5/h11,14-17H,6-10,12-13H2,1-5H3. The van der Waals surface area contributed by atoms with Crippen molar-refractivity contribution in [1.29, 1.82) is 0 Å². The first-order chi connectivity index (χ1) is 13.7. The minimum atomic E-state index is -1.41. The summed E-state index contributed by atoms with van der Waals surface area (Å²) in [5, 5.41) is 0. The molecule has 6 heteroatoms. The number of piperidine rings is 2. The molecule has 29 heavy (non-hydrogen) atoms. The summed E-state index contributed by atoms with van der Waals surface area (Å²) in [6.45, 7) is 11.3. The van der Waals surface area contributed by atoms with E-state index in [4.69, 9.17) is 9.72 Å². The molecule has 0 N–H and O–H groups in total. The van der Waals surface area contributed by atoms with Gasteiger partial charge in [-0.2, -0.15) is 0 Å². The highest BCUT2D eigenvalue weighted by Gasteiger charge is 2.48. The molecule has 0 radical (unpaired) electrons. The lowest BCUT2D eigenvalue weighted by Gasteiger charge is -2.54. The van der Waals surface area contributed by atoms with Crippen LogP contribution in [0.5, 0.6) is 0 Å². The van der Waals surface area contributed by atoms with Gasteiger partial charge in [-0.1, -0.05) is 13.8 Å². The summed E-state index contributed by atoms with van der Waals surface area (Å²) in [4.78, 5) is 21.4. The molecular formula is C23H34FN3O2. The van der Waals surface area contributed by atoms with E-state index in [2.05, 4.69) is 23.6 Å². The second-order valence-electron chi connectivity index (χ2n) is 9.84. The number of rotatable bonds is 6. The molecule has 1 aromatic rings. The fourth-order valence-corrected chi connectivity index (χ4v) is 5.30. The van der Waals surface area contributed by atoms with Crippen molar-refractivity contribution in [1.82, 2.24) is 4.98 Å². The lowest BCUT2D eigenvalue weighted by molar-refractivity contribution is -0.145. The number of nitrogens with zero attached hydrogens (tertiary/aromatic N) is 3. The van der Waals surface area contributed by atoms with Crippen molar-refractivity contribution in [2.45, 2.75) is 58.5 Å². The topological polar surface area (TPSA) is 45.7 Å². The average Bonchev–Trinajstić information content (AvgIpc) is 2.62. The SMILES string of the molecule is COC(=O)CC1C2CC1CN(c1cc(C(C)(C)F)c(C(C)C)c(N3CCC3)n1)C2. The maximum Gasteiger partial charge on any atom is 0.305 e. The molecule has 2 unspecified atom stereocenters. The van der Waals surface area contributed by atoms with Gasteiger partial charge in [0.05, 0.1) is 7.11 Å². The van der Waals surface area contributed by atoms with Gasteiger partial charge in [0.25, 0.3) is 0 Å². The van der Waals surface area contributed by atoms with Crippen LogP contribution in [0.25, 0.3) is 0 Å². The van der Waals surface area contributed by atoms with E-state index >= 15 is 4.39 Å². The number of hydrogen-bond donors (Lipinski definition) is 0. The Hall–Kier alpha value is -1.85. The van der Waals surface area contributed by atoms with Crippen LogP contribution in [0.2, 0.25) is 0 Å². The average molecular weight is 404 g/mol.